The molecule has 0 spiro atoms. The normalized spacial score (nSPS) is 8.47. The molecular formula is C24H56O8Zr2. The summed E-state index contributed by atoms with van der Waals surface area (Å²) in [7, 11) is 0. The van der Waals surface area contributed by atoms with Gasteiger partial charge in [-0.2, -0.15) is 0 Å². The molecule has 0 fully saturated rings. The maximum atomic E-state index is 9.53. The van der Waals surface area contributed by atoms with Gasteiger partial charge in [0.15, 0.2) is 0 Å². The van der Waals surface area contributed by atoms with Gasteiger partial charge >= 0.3 is 52.4 Å². The van der Waals surface area contributed by atoms with Gasteiger partial charge in [0.2, 0.25) is 0 Å². The second-order valence-electron chi connectivity index (χ2n) is 8.39. The van der Waals surface area contributed by atoms with Gasteiger partial charge in [-0.25, -0.2) is 0 Å². The van der Waals surface area contributed by atoms with Crippen LogP contribution in [0.1, 0.15) is 111 Å². The summed E-state index contributed by atoms with van der Waals surface area (Å²) in [4.78, 5) is 0. The van der Waals surface area contributed by atoms with Crippen LogP contribution in [0.4, 0.5) is 0 Å². The van der Waals surface area contributed by atoms with Crippen molar-refractivity contribution >= 4 is 0 Å². The van der Waals surface area contributed by atoms with Crippen molar-refractivity contribution in [3.63, 3.8) is 0 Å². The number of hydrogen-bond donors (Lipinski definition) is 0. The van der Waals surface area contributed by atoms with E-state index in [1.54, 1.807) is 111 Å². The largest absolute Gasteiger partial charge is 4.00 e. The van der Waals surface area contributed by atoms with Crippen LogP contribution in [0.25, 0.3) is 0 Å². The third-order valence-electron chi connectivity index (χ3n) is 0. The van der Waals surface area contributed by atoms with Crippen LogP contribution in [0, 0.1) is 0 Å². The molecule has 0 aliphatic heterocycles. The van der Waals surface area contributed by atoms with Crippen molar-refractivity contribution < 1.29 is 93.3 Å². The van der Waals surface area contributed by atoms with Gasteiger partial charge in [-0.3, -0.25) is 0 Å². The van der Waals surface area contributed by atoms with Crippen molar-refractivity contribution in [2.24, 2.45) is 0 Å². The molecule has 8 nitrogen and oxygen atoms in total. The van der Waals surface area contributed by atoms with Crippen molar-refractivity contribution in [1.82, 2.24) is 0 Å². The van der Waals surface area contributed by atoms with E-state index in [2.05, 4.69) is 0 Å². The summed E-state index contributed by atoms with van der Waals surface area (Å²) in [6.07, 6.45) is -3.33. The molecule has 0 amide bonds. The standard InChI is InChI=1S/8C3H7O.2Zr/c8*1-3(2)4;;/h8*3H,1-2H3;;/q8*-1;2*+4. The van der Waals surface area contributed by atoms with Gasteiger partial charge in [0.1, 0.15) is 0 Å². The van der Waals surface area contributed by atoms with Crippen LogP contribution in [0.2, 0.25) is 0 Å². The SMILES string of the molecule is CC(C)[O-].CC(C)[O-].CC(C)[O-].CC(C)[O-].CC(C)[O-].CC(C)[O-].CC(C)[O-].CC(C)[O-].[Zr+4].[Zr+4]. The van der Waals surface area contributed by atoms with E-state index in [1.807, 2.05) is 0 Å². The molecule has 0 saturated heterocycles. The minimum absolute atomic E-state index is 0. The third kappa shape index (κ3) is 16800. The quantitative estimate of drug-likeness (QED) is 0.288. The van der Waals surface area contributed by atoms with Crippen molar-refractivity contribution in [2.75, 3.05) is 0 Å². The molecule has 0 heterocycles. The van der Waals surface area contributed by atoms with E-state index in [4.69, 9.17) is 0 Å². The first-order chi connectivity index (χ1) is 13.9. The molecule has 0 N–H and O–H groups in total. The van der Waals surface area contributed by atoms with Crippen LogP contribution in [-0.4, -0.2) is 48.8 Å². The Bertz CT molecular complexity index is 147. The van der Waals surface area contributed by atoms with Crippen LogP contribution in [0.3, 0.4) is 0 Å². The Morgan fingerprint density at radius 1 is 0.206 bits per heavy atom. The van der Waals surface area contributed by atoms with Gasteiger partial charge < -0.3 is 40.9 Å². The van der Waals surface area contributed by atoms with E-state index < -0.39 is 48.8 Å². The Morgan fingerprint density at radius 2 is 0.206 bits per heavy atom. The summed E-state index contributed by atoms with van der Waals surface area (Å²) in [5.74, 6) is 0. The van der Waals surface area contributed by atoms with Crippen LogP contribution >= 0.6 is 0 Å². The van der Waals surface area contributed by atoms with Gasteiger partial charge in [0, 0.05) is 0 Å². The molecule has 0 saturated carbocycles. The Morgan fingerprint density at radius 3 is 0.206 bits per heavy atom. The van der Waals surface area contributed by atoms with E-state index in [0.717, 1.165) is 0 Å². The summed E-state index contributed by atoms with van der Waals surface area (Å²) in [6.45, 7) is 25.8. The molecule has 0 aromatic carbocycles. The fourth-order valence-corrected chi connectivity index (χ4v) is 0. The Kier molecular flexibility index (Phi) is 114. The maximum absolute atomic E-state index is 9.53. The van der Waals surface area contributed by atoms with Crippen LogP contribution in [0.5, 0.6) is 0 Å². The fourth-order valence-electron chi connectivity index (χ4n) is 0. The average Bonchev–Trinajstić information content (AvgIpc) is 2.30. The molecular weight excluding hydrogens is 599 g/mol. The summed E-state index contributed by atoms with van der Waals surface area (Å²) in [5.41, 5.74) is 0. The third-order valence-corrected chi connectivity index (χ3v) is 0. The summed E-state index contributed by atoms with van der Waals surface area (Å²) in [5, 5.41) is 76.2. The molecule has 0 aliphatic rings. The molecule has 0 aromatic rings. The summed E-state index contributed by atoms with van der Waals surface area (Å²) < 4.78 is 0. The minimum atomic E-state index is -0.417. The monoisotopic (exact) mass is 652 g/mol. The van der Waals surface area contributed by atoms with E-state index in [0.29, 0.717) is 0 Å². The first kappa shape index (κ1) is 65.0. The van der Waals surface area contributed by atoms with Crippen molar-refractivity contribution in [3.8, 4) is 0 Å². The second kappa shape index (κ2) is 59.5. The first-order valence-electron chi connectivity index (χ1n) is 11.1. The smallest absolute Gasteiger partial charge is 0.852 e. The van der Waals surface area contributed by atoms with Gasteiger partial charge in [0.25, 0.3) is 0 Å². The van der Waals surface area contributed by atoms with E-state index in [-0.39, 0.29) is 52.4 Å². The van der Waals surface area contributed by atoms with E-state index in [1.165, 1.54) is 0 Å². The van der Waals surface area contributed by atoms with Gasteiger partial charge in [-0.1, -0.05) is 111 Å². The predicted molar refractivity (Wildman–Crippen MR) is 121 cm³/mol. The molecule has 10 heteroatoms. The fraction of sp³-hybridized carbons (Fsp3) is 1.00. The molecule has 0 rings (SSSR count). The van der Waals surface area contributed by atoms with Crippen LogP contribution in [-0.2, 0) is 52.4 Å². The van der Waals surface area contributed by atoms with E-state index in [9.17, 15) is 40.9 Å². The Hall–Kier alpha value is 1.45. The molecule has 0 atom stereocenters. The molecule has 0 unspecified atom stereocenters. The maximum Gasteiger partial charge on any atom is 4.00 e. The molecule has 0 radical (unpaired) electrons. The molecule has 34 heavy (non-hydrogen) atoms. The molecule has 0 aromatic heterocycles. The first-order valence-corrected chi connectivity index (χ1v) is 11.1. The Balaban J connectivity index is -0.0000000240. The molecule has 0 bridgehead atoms. The van der Waals surface area contributed by atoms with Crippen molar-refractivity contribution in [1.29, 1.82) is 0 Å². The van der Waals surface area contributed by atoms with E-state index >= 15 is 0 Å². The van der Waals surface area contributed by atoms with Gasteiger partial charge in [-0.15, -0.1) is 48.8 Å². The minimum Gasteiger partial charge on any atom is -0.852 e. The molecule has 208 valence electrons. The zero-order valence-corrected chi connectivity index (χ0v) is 29.8. The number of rotatable bonds is 0. The second-order valence-corrected chi connectivity index (χ2v) is 8.39. The van der Waals surface area contributed by atoms with Crippen LogP contribution < -0.4 is 40.9 Å². The predicted octanol–water partition coefficient (Wildman–Crippen LogP) is -1.96. The Labute approximate surface area is 251 Å². The van der Waals surface area contributed by atoms with Crippen LogP contribution in [0.15, 0.2) is 0 Å². The zero-order chi connectivity index (χ0) is 28.6. The number of hydrogen-bond acceptors (Lipinski definition) is 8. The van der Waals surface area contributed by atoms with Gasteiger partial charge in [-0.05, 0) is 0 Å². The van der Waals surface area contributed by atoms with Crippen molar-refractivity contribution in [2.45, 2.75) is 160 Å². The molecule has 0 aliphatic carbocycles. The topological polar surface area (TPSA) is 184 Å². The van der Waals surface area contributed by atoms with Gasteiger partial charge in [0.05, 0.1) is 0 Å². The van der Waals surface area contributed by atoms with Crippen molar-refractivity contribution in [3.05, 3.63) is 0 Å². The summed E-state index contributed by atoms with van der Waals surface area (Å²) in [6, 6.07) is 0. The average molecular weight is 655 g/mol. The zero-order valence-electron chi connectivity index (χ0n) is 24.9. The summed E-state index contributed by atoms with van der Waals surface area (Å²) >= 11 is 0.